The van der Waals surface area contributed by atoms with Crippen molar-refractivity contribution in [3.05, 3.63) is 95.3 Å². The van der Waals surface area contributed by atoms with Gasteiger partial charge in [-0.05, 0) is 47.5 Å². The zero-order valence-electron chi connectivity index (χ0n) is 20.9. The predicted molar refractivity (Wildman–Crippen MR) is 142 cm³/mol. The summed E-state index contributed by atoms with van der Waals surface area (Å²) < 4.78 is 47.7. The SMILES string of the molecule is CN(C)S(=O)(=O)N(Cc1ccc(C(=O)NCc2ccc(N3CCOCC3)cc2)cc1)c1ccccc1F. The van der Waals surface area contributed by atoms with Crippen LogP contribution >= 0.6 is 0 Å². The number of benzene rings is 3. The maximum absolute atomic E-state index is 14.5. The van der Waals surface area contributed by atoms with Gasteiger partial charge in [-0.15, -0.1) is 0 Å². The Morgan fingerprint density at radius 2 is 1.57 bits per heavy atom. The Morgan fingerprint density at radius 1 is 0.946 bits per heavy atom. The van der Waals surface area contributed by atoms with Gasteiger partial charge in [0, 0.05) is 45.0 Å². The van der Waals surface area contributed by atoms with Gasteiger partial charge < -0.3 is 15.0 Å². The van der Waals surface area contributed by atoms with Crippen LogP contribution in [0.1, 0.15) is 21.5 Å². The number of anilines is 2. The number of hydrogen-bond donors (Lipinski definition) is 1. The monoisotopic (exact) mass is 526 g/mol. The minimum absolute atomic E-state index is 0.0438. The number of halogens is 1. The molecule has 37 heavy (non-hydrogen) atoms. The summed E-state index contributed by atoms with van der Waals surface area (Å²) in [7, 11) is -1.16. The van der Waals surface area contributed by atoms with E-state index < -0.39 is 16.0 Å². The molecule has 1 saturated heterocycles. The fraction of sp³-hybridized carbons (Fsp3) is 0.296. The van der Waals surface area contributed by atoms with Crippen LogP contribution in [0.2, 0.25) is 0 Å². The number of amides is 1. The molecule has 4 rings (SSSR count). The summed E-state index contributed by atoms with van der Waals surface area (Å²) in [5.74, 6) is -0.877. The topological polar surface area (TPSA) is 82.2 Å². The van der Waals surface area contributed by atoms with Crippen LogP contribution in [0.15, 0.2) is 72.8 Å². The molecule has 3 aromatic carbocycles. The van der Waals surface area contributed by atoms with E-state index in [1.807, 2.05) is 24.3 Å². The molecule has 8 nitrogen and oxygen atoms in total. The van der Waals surface area contributed by atoms with E-state index in [9.17, 15) is 17.6 Å². The lowest BCUT2D eigenvalue weighted by Crippen LogP contribution is -2.40. The first-order chi connectivity index (χ1) is 17.8. The fourth-order valence-corrected chi connectivity index (χ4v) is 5.10. The van der Waals surface area contributed by atoms with E-state index in [1.54, 1.807) is 30.3 Å². The van der Waals surface area contributed by atoms with Gasteiger partial charge in [0.05, 0.1) is 25.4 Å². The number of para-hydroxylation sites is 1. The summed E-state index contributed by atoms with van der Waals surface area (Å²) in [5, 5.41) is 2.91. The first-order valence-electron chi connectivity index (χ1n) is 12.0. The van der Waals surface area contributed by atoms with Crippen molar-refractivity contribution in [2.45, 2.75) is 13.1 Å². The van der Waals surface area contributed by atoms with Gasteiger partial charge in [0.1, 0.15) is 5.82 Å². The third kappa shape index (κ3) is 6.46. The van der Waals surface area contributed by atoms with Crippen LogP contribution in [0.4, 0.5) is 15.8 Å². The lowest BCUT2D eigenvalue weighted by Gasteiger charge is -2.28. The molecule has 0 bridgehead atoms. The second-order valence-corrected chi connectivity index (χ2v) is 11.0. The van der Waals surface area contributed by atoms with Crippen LogP contribution in [-0.4, -0.2) is 59.0 Å². The predicted octanol–water partition coefficient (Wildman–Crippen LogP) is 3.41. The molecule has 0 spiro atoms. The van der Waals surface area contributed by atoms with Crippen molar-refractivity contribution in [3.63, 3.8) is 0 Å². The summed E-state index contributed by atoms with van der Waals surface area (Å²) >= 11 is 0. The highest BCUT2D eigenvalue weighted by Crippen LogP contribution is 2.25. The van der Waals surface area contributed by atoms with Crippen LogP contribution in [0.3, 0.4) is 0 Å². The first kappa shape index (κ1) is 26.6. The number of ether oxygens (including phenoxy) is 1. The summed E-state index contributed by atoms with van der Waals surface area (Å²) in [4.78, 5) is 15.0. The highest BCUT2D eigenvalue weighted by molar-refractivity contribution is 7.90. The first-order valence-corrected chi connectivity index (χ1v) is 13.4. The molecule has 0 aliphatic carbocycles. The Hall–Kier alpha value is -3.47. The molecule has 196 valence electrons. The highest BCUT2D eigenvalue weighted by Gasteiger charge is 2.27. The molecule has 1 amide bonds. The number of nitrogens with zero attached hydrogens (tertiary/aromatic N) is 3. The number of morpholine rings is 1. The third-order valence-electron chi connectivity index (χ3n) is 6.17. The summed E-state index contributed by atoms with van der Waals surface area (Å²) in [5.41, 5.74) is 3.13. The largest absolute Gasteiger partial charge is 0.378 e. The molecule has 0 atom stereocenters. The zero-order chi connectivity index (χ0) is 26.4. The number of rotatable bonds is 9. The Kier molecular flexibility index (Phi) is 8.42. The minimum Gasteiger partial charge on any atom is -0.378 e. The van der Waals surface area contributed by atoms with E-state index in [1.165, 1.54) is 32.3 Å². The molecular weight excluding hydrogens is 495 g/mol. The lowest BCUT2D eigenvalue weighted by molar-refractivity contribution is 0.0951. The second kappa shape index (κ2) is 11.7. The Balaban J connectivity index is 1.40. The van der Waals surface area contributed by atoms with Crippen molar-refractivity contribution >= 4 is 27.5 Å². The standard InChI is InChI=1S/C27H31FN4O4S/c1-30(2)37(34,35)32(26-6-4-3-5-25(26)28)20-22-7-11-23(12-8-22)27(33)29-19-21-9-13-24(14-10-21)31-15-17-36-18-16-31/h3-14H,15-20H2,1-2H3,(H,29,33). The van der Waals surface area contributed by atoms with Crippen molar-refractivity contribution in [2.24, 2.45) is 0 Å². The lowest BCUT2D eigenvalue weighted by atomic mass is 10.1. The zero-order valence-corrected chi connectivity index (χ0v) is 21.7. The van der Waals surface area contributed by atoms with Crippen molar-refractivity contribution in [1.82, 2.24) is 9.62 Å². The van der Waals surface area contributed by atoms with Crippen LogP contribution in [0, 0.1) is 5.82 Å². The molecule has 1 N–H and O–H groups in total. The van der Waals surface area contributed by atoms with Crippen molar-refractivity contribution < 1.29 is 22.3 Å². The van der Waals surface area contributed by atoms with Crippen molar-refractivity contribution in [1.29, 1.82) is 0 Å². The minimum atomic E-state index is -3.95. The summed E-state index contributed by atoms with van der Waals surface area (Å²) in [6, 6.07) is 20.4. The van der Waals surface area contributed by atoms with Gasteiger partial charge in [0.25, 0.3) is 5.91 Å². The van der Waals surface area contributed by atoms with Crippen LogP contribution in [0.25, 0.3) is 0 Å². The highest BCUT2D eigenvalue weighted by atomic mass is 32.2. The molecule has 1 heterocycles. The van der Waals surface area contributed by atoms with Crippen LogP contribution in [0.5, 0.6) is 0 Å². The van der Waals surface area contributed by atoms with Crippen LogP contribution < -0.4 is 14.5 Å². The summed E-state index contributed by atoms with van der Waals surface area (Å²) in [6.45, 7) is 3.48. The molecule has 0 saturated carbocycles. The average molecular weight is 527 g/mol. The molecule has 10 heteroatoms. The molecule has 0 aromatic heterocycles. The van der Waals surface area contributed by atoms with Crippen LogP contribution in [-0.2, 0) is 28.0 Å². The molecule has 0 unspecified atom stereocenters. The van der Waals surface area contributed by atoms with Gasteiger partial charge in [0.2, 0.25) is 0 Å². The van der Waals surface area contributed by atoms with E-state index in [4.69, 9.17) is 4.74 Å². The van der Waals surface area contributed by atoms with Crippen molar-refractivity contribution in [3.8, 4) is 0 Å². The average Bonchev–Trinajstić information content (AvgIpc) is 2.92. The van der Waals surface area contributed by atoms with Gasteiger partial charge in [-0.2, -0.15) is 12.7 Å². The molecule has 1 aliphatic heterocycles. The number of hydrogen-bond acceptors (Lipinski definition) is 5. The van der Waals surface area contributed by atoms with Gasteiger partial charge in [-0.25, -0.2) is 4.39 Å². The van der Waals surface area contributed by atoms with E-state index in [2.05, 4.69) is 10.2 Å². The molecule has 3 aromatic rings. The van der Waals surface area contributed by atoms with Gasteiger partial charge in [0.15, 0.2) is 0 Å². The maximum atomic E-state index is 14.5. The number of carbonyl (C=O) groups excluding carboxylic acids is 1. The Bertz CT molecular complexity index is 1310. The summed E-state index contributed by atoms with van der Waals surface area (Å²) in [6.07, 6.45) is 0. The third-order valence-corrected chi connectivity index (χ3v) is 7.97. The van der Waals surface area contributed by atoms with Gasteiger partial charge >= 0.3 is 10.2 Å². The Labute approximate surface area is 217 Å². The number of carbonyl (C=O) groups is 1. The molecule has 1 fully saturated rings. The quantitative estimate of drug-likeness (QED) is 0.462. The van der Waals surface area contributed by atoms with Gasteiger partial charge in [-0.3, -0.25) is 9.10 Å². The number of nitrogens with one attached hydrogen (secondary N) is 1. The normalized spacial score (nSPS) is 14.0. The van der Waals surface area contributed by atoms with Gasteiger partial charge in [-0.1, -0.05) is 36.4 Å². The fourth-order valence-electron chi connectivity index (χ4n) is 4.00. The molecule has 1 aliphatic rings. The molecule has 0 radical (unpaired) electrons. The van der Waals surface area contributed by atoms with E-state index in [0.29, 0.717) is 17.7 Å². The second-order valence-electron chi connectivity index (χ2n) is 8.89. The van der Waals surface area contributed by atoms with E-state index in [-0.39, 0.29) is 18.1 Å². The van der Waals surface area contributed by atoms with E-state index >= 15 is 0 Å². The van der Waals surface area contributed by atoms with Crippen molar-refractivity contribution in [2.75, 3.05) is 49.6 Å². The molecular formula is C27H31FN4O4S. The maximum Gasteiger partial charge on any atom is 0.303 e. The van der Waals surface area contributed by atoms with E-state index in [0.717, 1.165) is 46.2 Å². The smallest absolute Gasteiger partial charge is 0.303 e. The Morgan fingerprint density at radius 3 is 2.19 bits per heavy atom.